The molecular weight excluding hydrogens is 236 g/mol. The van der Waals surface area contributed by atoms with E-state index in [0.29, 0.717) is 24.9 Å². The highest BCUT2D eigenvalue weighted by Crippen LogP contribution is 2.32. The van der Waals surface area contributed by atoms with E-state index < -0.39 is 18.2 Å². The number of rotatable bonds is 2. The normalized spacial score (nSPS) is 23.7. The van der Waals surface area contributed by atoms with Crippen molar-refractivity contribution in [2.75, 3.05) is 6.54 Å². The Morgan fingerprint density at radius 3 is 2.61 bits per heavy atom. The summed E-state index contributed by atoms with van der Waals surface area (Å²) < 4.78 is 0. The molecule has 1 fully saturated rings. The summed E-state index contributed by atoms with van der Waals surface area (Å²) in [4.78, 5) is 23.1. The first-order chi connectivity index (χ1) is 8.61. The van der Waals surface area contributed by atoms with Gasteiger partial charge in [0, 0.05) is 17.9 Å². The van der Waals surface area contributed by atoms with Gasteiger partial charge in [0.1, 0.15) is 6.04 Å². The lowest BCUT2D eigenvalue weighted by molar-refractivity contribution is -0.534. The molecule has 1 heterocycles. The van der Waals surface area contributed by atoms with Crippen LogP contribution in [-0.4, -0.2) is 33.6 Å². The molecule has 0 radical (unpaired) electrons. The van der Waals surface area contributed by atoms with Gasteiger partial charge in [-0.15, -0.1) is 0 Å². The molecule has 0 aromatic heterocycles. The monoisotopic (exact) mass is 250 g/mol. The number of nitro groups is 1. The van der Waals surface area contributed by atoms with E-state index in [2.05, 4.69) is 0 Å². The minimum absolute atomic E-state index is 0.346. The van der Waals surface area contributed by atoms with Gasteiger partial charge in [-0.2, -0.15) is 0 Å². The highest BCUT2D eigenvalue weighted by atomic mass is 16.6. The van der Waals surface area contributed by atoms with Gasteiger partial charge in [0.05, 0.1) is 0 Å². The number of carbonyl (C=O) groups is 1. The average Bonchev–Trinajstić information content (AvgIpc) is 2.38. The van der Waals surface area contributed by atoms with Crippen molar-refractivity contribution < 1.29 is 14.8 Å². The Bertz CT molecular complexity index is 427. The van der Waals surface area contributed by atoms with Gasteiger partial charge in [-0.3, -0.25) is 15.0 Å². The van der Waals surface area contributed by atoms with Gasteiger partial charge >= 0.3 is 6.09 Å². The van der Waals surface area contributed by atoms with E-state index in [1.807, 2.05) is 0 Å². The zero-order valence-electron chi connectivity index (χ0n) is 9.73. The smallest absolute Gasteiger partial charge is 0.408 e. The van der Waals surface area contributed by atoms with Crippen LogP contribution in [0.1, 0.15) is 24.4 Å². The fourth-order valence-corrected chi connectivity index (χ4v) is 2.46. The second-order valence-electron chi connectivity index (χ2n) is 4.33. The van der Waals surface area contributed by atoms with Gasteiger partial charge in [-0.1, -0.05) is 30.3 Å². The molecule has 1 saturated heterocycles. The fourth-order valence-electron chi connectivity index (χ4n) is 2.46. The van der Waals surface area contributed by atoms with Gasteiger partial charge in [-0.25, -0.2) is 4.79 Å². The minimum Gasteiger partial charge on any atom is -0.465 e. The molecule has 0 aliphatic carbocycles. The number of carboxylic acid groups (broad SMARTS) is 1. The number of benzene rings is 1. The molecule has 0 bridgehead atoms. The Kier molecular flexibility index (Phi) is 3.45. The van der Waals surface area contributed by atoms with Gasteiger partial charge in [0.2, 0.25) is 6.04 Å². The average molecular weight is 250 g/mol. The molecule has 1 aromatic rings. The predicted molar refractivity (Wildman–Crippen MR) is 63.9 cm³/mol. The van der Waals surface area contributed by atoms with Crippen LogP contribution in [0.5, 0.6) is 0 Å². The van der Waals surface area contributed by atoms with Gasteiger partial charge in [0.15, 0.2) is 0 Å². The van der Waals surface area contributed by atoms with Crippen LogP contribution in [0.2, 0.25) is 0 Å². The van der Waals surface area contributed by atoms with E-state index in [-0.39, 0.29) is 4.92 Å². The van der Waals surface area contributed by atoms with E-state index in [0.717, 1.165) is 0 Å². The number of nitrogens with zero attached hydrogens (tertiary/aromatic N) is 2. The van der Waals surface area contributed by atoms with Crippen molar-refractivity contribution >= 4 is 6.09 Å². The van der Waals surface area contributed by atoms with Crippen LogP contribution in [0.4, 0.5) is 4.79 Å². The quantitative estimate of drug-likeness (QED) is 0.643. The van der Waals surface area contributed by atoms with Crippen molar-refractivity contribution in [3.05, 3.63) is 46.0 Å². The number of piperidine rings is 1. The number of amides is 1. The van der Waals surface area contributed by atoms with Crippen LogP contribution in [-0.2, 0) is 0 Å². The van der Waals surface area contributed by atoms with Gasteiger partial charge < -0.3 is 5.11 Å². The third kappa shape index (κ3) is 2.27. The maximum atomic E-state index is 11.2. The molecule has 1 amide bonds. The number of hydrogen-bond donors (Lipinski definition) is 1. The highest BCUT2D eigenvalue weighted by Gasteiger charge is 2.42. The molecule has 0 unspecified atom stereocenters. The Morgan fingerprint density at radius 1 is 1.39 bits per heavy atom. The summed E-state index contributed by atoms with van der Waals surface area (Å²) in [6, 6.07) is 7.26. The van der Waals surface area contributed by atoms with Crippen LogP contribution in [0, 0.1) is 10.1 Å². The van der Waals surface area contributed by atoms with E-state index in [1.54, 1.807) is 30.3 Å². The molecule has 2 atom stereocenters. The van der Waals surface area contributed by atoms with E-state index in [9.17, 15) is 20.0 Å². The molecule has 1 N–H and O–H groups in total. The fraction of sp³-hybridized carbons (Fsp3) is 0.417. The van der Waals surface area contributed by atoms with Crippen LogP contribution in [0.15, 0.2) is 30.3 Å². The van der Waals surface area contributed by atoms with E-state index >= 15 is 0 Å². The predicted octanol–water partition coefficient (Wildman–Crippen LogP) is 2.15. The molecule has 0 saturated carbocycles. The summed E-state index contributed by atoms with van der Waals surface area (Å²) in [7, 11) is 0. The van der Waals surface area contributed by atoms with Crippen LogP contribution < -0.4 is 0 Å². The molecule has 96 valence electrons. The molecule has 6 nitrogen and oxygen atoms in total. The minimum atomic E-state index is -1.10. The standard InChI is InChI=1S/C12H14N2O4/c15-12(16)13-8-4-7-10(14(17)18)11(13)9-5-2-1-3-6-9/h1-3,5-6,10-11H,4,7-8H2,(H,15,16)/t10-,11+/m1/s1. The molecule has 1 aromatic carbocycles. The van der Waals surface area contributed by atoms with Crippen molar-refractivity contribution in [1.29, 1.82) is 0 Å². The SMILES string of the molecule is O=C(O)N1CCC[C@@H]([N+](=O)[O-])[C@@H]1c1ccccc1. The molecule has 18 heavy (non-hydrogen) atoms. The summed E-state index contributed by atoms with van der Waals surface area (Å²) in [6.45, 7) is 0.346. The zero-order valence-corrected chi connectivity index (χ0v) is 9.73. The van der Waals surface area contributed by atoms with Crippen LogP contribution >= 0.6 is 0 Å². The topological polar surface area (TPSA) is 83.7 Å². The Balaban J connectivity index is 2.38. The van der Waals surface area contributed by atoms with Crippen LogP contribution in [0.3, 0.4) is 0 Å². The lowest BCUT2D eigenvalue weighted by Crippen LogP contribution is -2.47. The lowest BCUT2D eigenvalue weighted by atomic mass is 9.91. The van der Waals surface area contributed by atoms with E-state index in [1.165, 1.54) is 4.90 Å². The first-order valence-electron chi connectivity index (χ1n) is 5.79. The van der Waals surface area contributed by atoms with Crippen molar-refractivity contribution in [3.8, 4) is 0 Å². The maximum Gasteiger partial charge on any atom is 0.408 e. The Morgan fingerprint density at radius 2 is 2.06 bits per heavy atom. The van der Waals surface area contributed by atoms with Gasteiger partial charge in [-0.05, 0) is 12.0 Å². The molecule has 2 rings (SSSR count). The Labute approximate surface area is 104 Å². The van der Waals surface area contributed by atoms with E-state index in [4.69, 9.17) is 0 Å². The molecule has 6 heteroatoms. The number of hydrogen-bond acceptors (Lipinski definition) is 3. The molecule has 1 aliphatic heterocycles. The summed E-state index contributed by atoms with van der Waals surface area (Å²) >= 11 is 0. The highest BCUT2D eigenvalue weighted by molar-refractivity contribution is 5.66. The summed E-state index contributed by atoms with van der Waals surface area (Å²) in [5, 5.41) is 20.3. The van der Waals surface area contributed by atoms with Crippen molar-refractivity contribution in [2.24, 2.45) is 0 Å². The first kappa shape index (κ1) is 12.3. The lowest BCUT2D eigenvalue weighted by Gasteiger charge is -2.35. The van der Waals surface area contributed by atoms with Crippen molar-refractivity contribution in [2.45, 2.75) is 24.9 Å². The Hall–Kier alpha value is -2.11. The molecular formula is C12H14N2O4. The maximum absolute atomic E-state index is 11.2. The summed E-state index contributed by atoms with van der Waals surface area (Å²) in [5.41, 5.74) is 0.682. The first-order valence-corrected chi connectivity index (χ1v) is 5.79. The van der Waals surface area contributed by atoms with Crippen molar-refractivity contribution in [3.63, 3.8) is 0 Å². The second-order valence-corrected chi connectivity index (χ2v) is 4.33. The van der Waals surface area contributed by atoms with Gasteiger partial charge in [0.25, 0.3) is 0 Å². The largest absolute Gasteiger partial charge is 0.465 e. The molecule has 1 aliphatic rings. The zero-order chi connectivity index (χ0) is 13.1. The molecule has 0 spiro atoms. The third-order valence-electron chi connectivity index (χ3n) is 3.26. The summed E-state index contributed by atoms with van der Waals surface area (Å²) in [6.07, 6.45) is -0.159. The second kappa shape index (κ2) is 5.03. The van der Waals surface area contributed by atoms with Crippen LogP contribution in [0.25, 0.3) is 0 Å². The summed E-state index contributed by atoms with van der Waals surface area (Å²) in [5.74, 6) is 0. The third-order valence-corrected chi connectivity index (χ3v) is 3.26. The number of likely N-dealkylation sites (tertiary alicyclic amines) is 1. The van der Waals surface area contributed by atoms with Crippen molar-refractivity contribution in [1.82, 2.24) is 4.90 Å².